The highest BCUT2D eigenvalue weighted by atomic mass is 32.2. The van der Waals surface area contributed by atoms with Crippen LogP contribution in [0.4, 0.5) is 0 Å². The van der Waals surface area contributed by atoms with Crippen LogP contribution in [0.2, 0.25) is 0 Å². The van der Waals surface area contributed by atoms with E-state index >= 15 is 0 Å². The molecule has 3 unspecified atom stereocenters. The standard InChI is InChI=1S/C18H19N3O2S2/c19-17(22)11-3-1-2-4-14(11)24-16-8-7-15(25-16)18(23)21-13-9-10-5-6-12(13)20-10/h1-4,7-8,10,12-13,20H,5-6,9H2,(H2,19,22)(H,21,23). The van der Waals surface area contributed by atoms with Gasteiger partial charge in [0.25, 0.3) is 5.91 Å². The van der Waals surface area contributed by atoms with Crippen molar-refractivity contribution < 1.29 is 9.59 Å². The van der Waals surface area contributed by atoms with Crippen molar-refractivity contribution >= 4 is 34.9 Å². The first-order chi connectivity index (χ1) is 12.1. The van der Waals surface area contributed by atoms with Crippen molar-refractivity contribution in [2.45, 2.75) is 46.5 Å². The van der Waals surface area contributed by atoms with Gasteiger partial charge < -0.3 is 16.4 Å². The van der Waals surface area contributed by atoms with E-state index in [1.54, 1.807) is 12.1 Å². The molecule has 2 fully saturated rings. The molecule has 4 rings (SSSR count). The van der Waals surface area contributed by atoms with Crippen LogP contribution in [0.25, 0.3) is 0 Å². The van der Waals surface area contributed by atoms with Crippen LogP contribution in [0.15, 0.2) is 45.5 Å². The normalized spacial score (nSPS) is 24.4. The molecule has 2 amide bonds. The molecule has 0 saturated carbocycles. The fraction of sp³-hybridized carbons (Fsp3) is 0.333. The van der Waals surface area contributed by atoms with E-state index in [0.29, 0.717) is 22.5 Å². The quantitative estimate of drug-likeness (QED) is 0.752. The minimum atomic E-state index is -0.443. The Morgan fingerprint density at radius 1 is 1.20 bits per heavy atom. The second-order valence-corrected chi connectivity index (χ2v) is 8.87. The summed E-state index contributed by atoms with van der Waals surface area (Å²) in [5.74, 6) is -0.458. The van der Waals surface area contributed by atoms with Gasteiger partial charge in [-0.2, -0.15) is 0 Å². The molecule has 3 atom stereocenters. The number of carbonyl (C=O) groups excluding carboxylic acids is 2. The Bertz CT molecular complexity index is 820. The lowest BCUT2D eigenvalue weighted by Gasteiger charge is -2.20. The second kappa shape index (κ2) is 6.82. The summed E-state index contributed by atoms with van der Waals surface area (Å²) in [5, 5.41) is 6.69. The minimum absolute atomic E-state index is 0.0145. The van der Waals surface area contributed by atoms with E-state index in [0.717, 1.165) is 21.9 Å². The summed E-state index contributed by atoms with van der Waals surface area (Å²) in [6.07, 6.45) is 3.39. The largest absolute Gasteiger partial charge is 0.366 e. The van der Waals surface area contributed by atoms with Gasteiger partial charge in [0.15, 0.2) is 0 Å². The van der Waals surface area contributed by atoms with Gasteiger partial charge in [0, 0.05) is 23.0 Å². The Balaban J connectivity index is 1.44. The molecule has 4 N–H and O–H groups in total. The molecule has 0 radical (unpaired) electrons. The molecule has 2 aliphatic heterocycles. The summed E-state index contributed by atoms with van der Waals surface area (Å²) in [4.78, 5) is 25.5. The van der Waals surface area contributed by atoms with Gasteiger partial charge in [-0.3, -0.25) is 9.59 Å². The second-order valence-electron chi connectivity index (χ2n) is 6.44. The highest BCUT2D eigenvalue weighted by Gasteiger charge is 2.39. The van der Waals surface area contributed by atoms with Crippen molar-refractivity contribution in [3.63, 3.8) is 0 Å². The van der Waals surface area contributed by atoms with E-state index in [-0.39, 0.29) is 11.9 Å². The molecule has 1 aromatic carbocycles. The summed E-state index contributed by atoms with van der Waals surface area (Å²) >= 11 is 2.90. The maximum Gasteiger partial charge on any atom is 0.261 e. The summed E-state index contributed by atoms with van der Waals surface area (Å²) in [6.45, 7) is 0. The summed E-state index contributed by atoms with van der Waals surface area (Å²) < 4.78 is 0.963. The molecule has 2 bridgehead atoms. The van der Waals surface area contributed by atoms with Crippen molar-refractivity contribution in [2.75, 3.05) is 0 Å². The molecule has 0 spiro atoms. The van der Waals surface area contributed by atoms with E-state index in [9.17, 15) is 9.59 Å². The monoisotopic (exact) mass is 373 g/mol. The topological polar surface area (TPSA) is 84.2 Å². The fourth-order valence-electron chi connectivity index (χ4n) is 3.59. The third-order valence-electron chi connectivity index (χ3n) is 4.78. The zero-order chi connectivity index (χ0) is 17.4. The Morgan fingerprint density at radius 2 is 2.04 bits per heavy atom. The van der Waals surface area contributed by atoms with Gasteiger partial charge in [0.05, 0.1) is 14.6 Å². The van der Waals surface area contributed by atoms with Crippen LogP contribution in [0.3, 0.4) is 0 Å². The zero-order valence-electron chi connectivity index (χ0n) is 13.5. The Hall–Kier alpha value is -1.83. The van der Waals surface area contributed by atoms with E-state index in [2.05, 4.69) is 10.6 Å². The fourth-order valence-corrected chi connectivity index (χ4v) is 5.71. The Kier molecular flexibility index (Phi) is 4.54. The molecule has 5 nitrogen and oxygen atoms in total. The summed E-state index contributed by atoms with van der Waals surface area (Å²) in [5.41, 5.74) is 5.92. The van der Waals surface area contributed by atoms with Gasteiger partial charge in [-0.25, -0.2) is 0 Å². The number of carbonyl (C=O) groups is 2. The summed E-state index contributed by atoms with van der Waals surface area (Å²) in [6, 6.07) is 12.2. The molecule has 3 heterocycles. The lowest BCUT2D eigenvalue weighted by atomic mass is 9.95. The molecule has 7 heteroatoms. The molecule has 1 aromatic heterocycles. The number of amides is 2. The molecule has 2 aromatic rings. The number of hydrogen-bond acceptors (Lipinski definition) is 5. The van der Waals surface area contributed by atoms with Crippen LogP contribution in [0.5, 0.6) is 0 Å². The molecular weight excluding hydrogens is 354 g/mol. The number of thiophene rings is 1. The molecule has 0 aliphatic carbocycles. The predicted molar refractivity (Wildman–Crippen MR) is 99.2 cm³/mol. The van der Waals surface area contributed by atoms with Crippen molar-refractivity contribution in [3.05, 3.63) is 46.8 Å². The van der Waals surface area contributed by atoms with Crippen LogP contribution >= 0.6 is 23.1 Å². The number of hydrogen-bond donors (Lipinski definition) is 3. The maximum atomic E-state index is 12.5. The lowest BCUT2D eigenvalue weighted by molar-refractivity contribution is 0.0934. The van der Waals surface area contributed by atoms with Crippen LogP contribution < -0.4 is 16.4 Å². The highest BCUT2D eigenvalue weighted by molar-refractivity contribution is 8.01. The molecule has 2 saturated heterocycles. The van der Waals surface area contributed by atoms with E-state index < -0.39 is 5.91 Å². The minimum Gasteiger partial charge on any atom is -0.366 e. The van der Waals surface area contributed by atoms with E-state index in [1.165, 1.54) is 29.5 Å². The number of nitrogens with one attached hydrogen (secondary N) is 2. The van der Waals surface area contributed by atoms with Gasteiger partial charge in [0.2, 0.25) is 5.91 Å². The number of nitrogens with two attached hydrogens (primary N) is 1. The molecular formula is C18H19N3O2S2. The zero-order valence-corrected chi connectivity index (χ0v) is 15.2. The van der Waals surface area contributed by atoms with Crippen molar-refractivity contribution in [1.29, 1.82) is 0 Å². The number of fused-ring (bicyclic) bond motifs is 2. The average molecular weight is 374 g/mol. The first kappa shape index (κ1) is 16.6. The first-order valence-corrected chi connectivity index (χ1v) is 9.97. The highest BCUT2D eigenvalue weighted by Crippen LogP contribution is 2.35. The number of rotatable bonds is 5. The summed E-state index contributed by atoms with van der Waals surface area (Å²) in [7, 11) is 0. The van der Waals surface area contributed by atoms with E-state index in [1.807, 2.05) is 24.3 Å². The molecule has 2 aliphatic rings. The van der Waals surface area contributed by atoms with Gasteiger partial charge >= 0.3 is 0 Å². The van der Waals surface area contributed by atoms with Gasteiger partial charge in [0.1, 0.15) is 0 Å². The first-order valence-electron chi connectivity index (χ1n) is 8.33. The van der Waals surface area contributed by atoms with Gasteiger partial charge in [-0.05, 0) is 43.5 Å². The van der Waals surface area contributed by atoms with Gasteiger partial charge in [-0.1, -0.05) is 23.9 Å². The molecule has 130 valence electrons. The van der Waals surface area contributed by atoms with Crippen LogP contribution in [-0.2, 0) is 0 Å². The third-order valence-corrected chi connectivity index (χ3v) is 7.08. The van der Waals surface area contributed by atoms with E-state index in [4.69, 9.17) is 5.73 Å². The van der Waals surface area contributed by atoms with Gasteiger partial charge in [-0.15, -0.1) is 11.3 Å². The van der Waals surface area contributed by atoms with Crippen LogP contribution in [0, 0.1) is 0 Å². The number of primary amides is 1. The smallest absolute Gasteiger partial charge is 0.261 e. The average Bonchev–Trinajstić information content (AvgIpc) is 3.31. The van der Waals surface area contributed by atoms with Crippen molar-refractivity contribution in [3.8, 4) is 0 Å². The Labute approximate surface area is 154 Å². The maximum absolute atomic E-state index is 12.5. The number of benzene rings is 1. The lowest BCUT2D eigenvalue weighted by Crippen LogP contribution is -2.42. The van der Waals surface area contributed by atoms with Crippen LogP contribution in [-0.4, -0.2) is 29.9 Å². The predicted octanol–water partition coefficient (Wildman–Crippen LogP) is 2.62. The van der Waals surface area contributed by atoms with Crippen LogP contribution in [0.1, 0.15) is 39.3 Å². The SMILES string of the molecule is NC(=O)c1ccccc1Sc1ccc(C(=O)NC2CC3CCC2N3)s1. The molecule has 25 heavy (non-hydrogen) atoms. The Morgan fingerprint density at radius 3 is 2.76 bits per heavy atom. The van der Waals surface area contributed by atoms with Crippen molar-refractivity contribution in [2.24, 2.45) is 5.73 Å². The third kappa shape index (κ3) is 3.44. The van der Waals surface area contributed by atoms with Crippen molar-refractivity contribution in [1.82, 2.24) is 10.6 Å².